The molecule has 0 spiro atoms. The normalized spacial score (nSPS) is 12.2. The van der Waals surface area contributed by atoms with Crippen LogP contribution in [0.25, 0.3) is 0 Å². The summed E-state index contributed by atoms with van der Waals surface area (Å²) in [6.07, 6.45) is 0.280. The maximum Gasteiger partial charge on any atom is 0.250 e. The van der Waals surface area contributed by atoms with E-state index in [1.807, 2.05) is 14.1 Å². The molecular formula is C10H20N2O4S. The first-order valence-electron chi connectivity index (χ1n) is 5.23. The minimum atomic E-state index is -4.15. The van der Waals surface area contributed by atoms with Gasteiger partial charge < -0.3 is 14.4 Å². The lowest BCUT2D eigenvalue weighted by Crippen LogP contribution is -2.49. The molecule has 0 bridgehead atoms. The Morgan fingerprint density at radius 1 is 1.41 bits per heavy atom. The first kappa shape index (κ1) is 16.1. The van der Waals surface area contributed by atoms with E-state index in [0.29, 0.717) is 23.3 Å². The first-order valence-corrected chi connectivity index (χ1v) is 6.80. The van der Waals surface area contributed by atoms with Gasteiger partial charge in [0.2, 0.25) is 0 Å². The molecule has 17 heavy (non-hydrogen) atoms. The molecule has 0 unspecified atom stereocenters. The standard InChI is InChI=1S/C10H20N2O4S/c1-9(2)10(13)11-8-12(3,4)6-5-7-17(14,15)16/h1,5-8H2,2-4H3,(H-,11,13,14,15,16). The van der Waals surface area contributed by atoms with E-state index in [-0.39, 0.29) is 18.1 Å². The zero-order valence-corrected chi connectivity index (χ0v) is 11.3. The van der Waals surface area contributed by atoms with Crippen molar-refractivity contribution in [1.29, 1.82) is 0 Å². The lowest BCUT2D eigenvalue weighted by molar-refractivity contribution is -0.892. The van der Waals surface area contributed by atoms with Crippen LogP contribution in [0.5, 0.6) is 0 Å². The second-order valence-electron chi connectivity index (χ2n) is 4.72. The zero-order valence-electron chi connectivity index (χ0n) is 10.5. The van der Waals surface area contributed by atoms with Gasteiger partial charge in [-0.1, -0.05) is 6.58 Å². The van der Waals surface area contributed by atoms with Crippen molar-refractivity contribution in [2.45, 2.75) is 13.3 Å². The van der Waals surface area contributed by atoms with Gasteiger partial charge in [0.1, 0.15) is 0 Å². The molecule has 100 valence electrons. The van der Waals surface area contributed by atoms with Crippen molar-refractivity contribution in [3.63, 3.8) is 0 Å². The van der Waals surface area contributed by atoms with Gasteiger partial charge in [0.05, 0.1) is 30.8 Å². The molecule has 0 rings (SSSR count). The smallest absolute Gasteiger partial charge is 0.250 e. The maximum absolute atomic E-state index is 11.3. The fourth-order valence-electron chi connectivity index (χ4n) is 1.19. The van der Waals surface area contributed by atoms with Gasteiger partial charge >= 0.3 is 0 Å². The van der Waals surface area contributed by atoms with Gasteiger partial charge in [0.25, 0.3) is 5.91 Å². The molecule has 7 heteroatoms. The number of quaternary nitrogens is 1. The minimum Gasteiger partial charge on any atom is -0.748 e. The average Bonchev–Trinajstić information content (AvgIpc) is 2.11. The molecule has 1 amide bonds. The summed E-state index contributed by atoms with van der Waals surface area (Å²) in [4.78, 5) is 11.3. The second-order valence-corrected chi connectivity index (χ2v) is 6.24. The highest BCUT2D eigenvalue weighted by Gasteiger charge is 2.16. The Morgan fingerprint density at radius 2 is 1.94 bits per heavy atom. The first-order chi connectivity index (χ1) is 7.53. The van der Waals surface area contributed by atoms with E-state index in [1.165, 1.54) is 0 Å². The summed E-state index contributed by atoms with van der Waals surface area (Å²) in [5.41, 5.74) is 0.423. The summed E-state index contributed by atoms with van der Waals surface area (Å²) in [5, 5.41) is 2.68. The van der Waals surface area contributed by atoms with E-state index in [1.54, 1.807) is 6.92 Å². The molecule has 0 atom stereocenters. The number of rotatable bonds is 7. The molecule has 6 nitrogen and oxygen atoms in total. The Morgan fingerprint density at radius 3 is 2.35 bits per heavy atom. The number of nitrogens with zero attached hydrogens (tertiary/aromatic N) is 1. The molecule has 0 saturated carbocycles. The highest BCUT2D eigenvalue weighted by molar-refractivity contribution is 7.85. The summed E-state index contributed by atoms with van der Waals surface area (Å²) in [6.45, 7) is 5.98. The summed E-state index contributed by atoms with van der Waals surface area (Å²) >= 11 is 0. The molecule has 0 saturated heterocycles. The summed E-state index contributed by atoms with van der Waals surface area (Å²) in [6, 6.07) is 0. The molecule has 0 aliphatic rings. The van der Waals surface area contributed by atoms with Gasteiger partial charge in [-0.25, -0.2) is 8.42 Å². The fraction of sp³-hybridized carbons (Fsp3) is 0.700. The molecule has 0 aromatic heterocycles. The predicted molar refractivity (Wildman–Crippen MR) is 64.0 cm³/mol. The zero-order chi connectivity index (χ0) is 13.7. The number of nitrogens with one attached hydrogen (secondary N) is 1. The largest absolute Gasteiger partial charge is 0.748 e. The van der Waals surface area contributed by atoms with Crippen LogP contribution in [0.3, 0.4) is 0 Å². The highest BCUT2D eigenvalue weighted by Crippen LogP contribution is 2.00. The van der Waals surface area contributed by atoms with E-state index in [0.717, 1.165) is 0 Å². The van der Waals surface area contributed by atoms with Crippen molar-refractivity contribution in [3.05, 3.63) is 12.2 Å². The Balaban J connectivity index is 4.04. The van der Waals surface area contributed by atoms with Crippen LogP contribution in [-0.4, -0.2) is 56.4 Å². The molecular weight excluding hydrogens is 244 g/mol. The van der Waals surface area contributed by atoms with Crippen molar-refractivity contribution in [2.24, 2.45) is 0 Å². The van der Waals surface area contributed by atoms with Crippen molar-refractivity contribution in [3.8, 4) is 0 Å². The van der Waals surface area contributed by atoms with Gasteiger partial charge in [-0.15, -0.1) is 0 Å². The van der Waals surface area contributed by atoms with Gasteiger partial charge in [0, 0.05) is 17.7 Å². The van der Waals surface area contributed by atoms with Gasteiger partial charge in [-0.05, 0) is 6.92 Å². The Kier molecular flexibility index (Phi) is 5.80. The van der Waals surface area contributed by atoms with Gasteiger partial charge in [-0.3, -0.25) is 4.79 Å². The molecule has 0 radical (unpaired) electrons. The van der Waals surface area contributed by atoms with Crippen LogP contribution in [0.2, 0.25) is 0 Å². The Bertz CT molecular complexity index is 387. The highest BCUT2D eigenvalue weighted by atomic mass is 32.2. The average molecular weight is 264 g/mol. The predicted octanol–water partition coefficient (Wildman–Crippen LogP) is -0.352. The van der Waals surface area contributed by atoms with Gasteiger partial charge in [0.15, 0.2) is 6.67 Å². The van der Waals surface area contributed by atoms with E-state index in [2.05, 4.69) is 11.9 Å². The van der Waals surface area contributed by atoms with Crippen LogP contribution in [0.4, 0.5) is 0 Å². The monoisotopic (exact) mass is 264 g/mol. The number of carbonyl (C=O) groups is 1. The van der Waals surface area contributed by atoms with Crippen LogP contribution in [-0.2, 0) is 14.9 Å². The third-order valence-corrected chi connectivity index (χ3v) is 3.00. The third kappa shape index (κ3) is 8.84. The van der Waals surface area contributed by atoms with Crippen molar-refractivity contribution in [2.75, 3.05) is 33.1 Å². The van der Waals surface area contributed by atoms with Crippen LogP contribution < -0.4 is 5.32 Å². The van der Waals surface area contributed by atoms with Crippen LogP contribution >= 0.6 is 0 Å². The summed E-state index contributed by atoms with van der Waals surface area (Å²) in [5.74, 6) is -0.601. The molecule has 0 fully saturated rings. The van der Waals surface area contributed by atoms with Crippen LogP contribution in [0.1, 0.15) is 13.3 Å². The summed E-state index contributed by atoms with van der Waals surface area (Å²) in [7, 11) is -0.466. The van der Waals surface area contributed by atoms with E-state index >= 15 is 0 Å². The number of hydrogen-bond donors (Lipinski definition) is 1. The van der Waals surface area contributed by atoms with Crippen LogP contribution in [0.15, 0.2) is 12.2 Å². The topological polar surface area (TPSA) is 86.3 Å². The number of carbonyl (C=O) groups excluding carboxylic acids is 1. The Labute approximate surface area is 103 Å². The molecule has 0 aromatic rings. The number of hydrogen-bond acceptors (Lipinski definition) is 4. The molecule has 0 aliphatic carbocycles. The minimum absolute atomic E-state index is 0.229. The molecule has 0 aliphatic heterocycles. The van der Waals surface area contributed by atoms with Gasteiger partial charge in [-0.2, -0.15) is 0 Å². The van der Waals surface area contributed by atoms with Crippen molar-refractivity contribution in [1.82, 2.24) is 5.32 Å². The third-order valence-electron chi connectivity index (χ3n) is 2.21. The second kappa shape index (κ2) is 6.13. The Hall–Kier alpha value is -0.920. The molecule has 1 N–H and O–H groups in total. The van der Waals surface area contributed by atoms with E-state index in [4.69, 9.17) is 0 Å². The van der Waals surface area contributed by atoms with E-state index in [9.17, 15) is 17.8 Å². The number of amides is 1. The van der Waals surface area contributed by atoms with Crippen molar-refractivity contribution < 1.29 is 22.2 Å². The quantitative estimate of drug-likeness (QED) is 0.295. The van der Waals surface area contributed by atoms with E-state index < -0.39 is 10.1 Å². The lowest BCUT2D eigenvalue weighted by Gasteiger charge is -2.30. The molecule has 0 aromatic carbocycles. The molecule has 0 heterocycles. The summed E-state index contributed by atoms with van der Waals surface area (Å²) < 4.78 is 31.7. The fourth-order valence-corrected chi connectivity index (χ4v) is 1.67. The van der Waals surface area contributed by atoms with Crippen molar-refractivity contribution >= 4 is 16.0 Å². The lowest BCUT2D eigenvalue weighted by atomic mass is 10.3. The SMILES string of the molecule is C=C(C)C(=O)NC[N+](C)(C)CCCS(=O)(=O)[O-]. The maximum atomic E-state index is 11.3. The van der Waals surface area contributed by atoms with Crippen LogP contribution in [0, 0.1) is 0 Å².